The van der Waals surface area contributed by atoms with Gasteiger partial charge in [0.2, 0.25) is 0 Å². The molecule has 0 aromatic heterocycles. The van der Waals surface area contributed by atoms with Gasteiger partial charge in [-0.05, 0) is 51.4 Å². The first-order valence-corrected chi connectivity index (χ1v) is 6.67. The van der Waals surface area contributed by atoms with Crippen molar-refractivity contribution in [2.45, 2.75) is 33.6 Å². The van der Waals surface area contributed by atoms with Crippen molar-refractivity contribution in [3.63, 3.8) is 0 Å². The van der Waals surface area contributed by atoms with Crippen LogP contribution in [0.1, 0.15) is 31.4 Å². The van der Waals surface area contributed by atoms with E-state index in [1.165, 1.54) is 16.7 Å². The number of benzene rings is 1. The molecule has 18 heavy (non-hydrogen) atoms. The highest BCUT2D eigenvalue weighted by Gasteiger charge is 2.03. The topological polar surface area (TPSA) is 21.3 Å². The summed E-state index contributed by atoms with van der Waals surface area (Å²) < 4.78 is 5.40. The summed E-state index contributed by atoms with van der Waals surface area (Å²) in [6.45, 7) is 8.53. The number of nitrogens with one attached hydrogen (secondary N) is 1. The predicted molar refractivity (Wildman–Crippen MR) is 78.4 cm³/mol. The first-order valence-electron chi connectivity index (χ1n) is 6.67. The van der Waals surface area contributed by atoms with Crippen LogP contribution in [-0.2, 0) is 6.42 Å². The van der Waals surface area contributed by atoms with Crippen LogP contribution in [0.4, 0.5) is 0 Å². The molecule has 0 aliphatic rings. The lowest BCUT2D eigenvalue weighted by Gasteiger charge is -2.10. The third kappa shape index (κ3) is 4.92. The number of ether oxygens (including phenoxy) is 1. The van der Waals surface area contributed by atoms with Crippen molar-refractivity contribution in [3.8, 4) is 5.75 Å². The normalized spacial score (nSPS) is 11.7. The van der Waals surface area contributed by atoms with Crippen molar-refractivity contribution < 1.29 is 4.74 Å². The molecule has 0 atom stereocenters. The third-order valence-electron chi connectivity index (χ3n) is 2.97. The van der Waals surface area contributed by atoms with Gasteiger partial charge in [0, 0.05) is 0 Å². The first-order chi connectivity index (χ1) is 8.67. The van der Waals surface area contributed by atoms with Gasteiger partial charge in [-0.15, -0.1) is 0 Å². The molecule has 0 radical (unpaired) electrons. The molecule has 0 saturated heterocycles. The van der Waals surface area contributed by atoms with E-state index in [0.717, 1.165) is 31.7 Å². The Balaban J connectivity index is 2.62. The van der Waals surface area contributed by atoms with Gasteiger partial charge in [0.25, 0.3) is 0 Å². The van der Waals surface area contributed by atoms with Gasteiger partial charge in [0.15, 0.2) is 0 Å². The van der Waals surface area contributed by atoms with Crippen LogP contribution >= 0.6 is 0 Å². The average Bonchev–Trinajstić information content (AvgIpc) is 2.35. The van der Waals surface area contributed by atoms with Crippen LogP contribution in [-0.4, -0.2) is 20.2 Å². The van der Waals surface area contributed by atoms with Gasteiger partial charge >= 0.3 is 0 Å². The van der Waals surface area contributed by atoms with Gasteiger partial charge in [-0.3, -0.25) is 0 Å². The molecule has 0 saturated carbocycles. The Bertz CT molecular complexity index is 396. The van der Waals surface area contributed by atoms with Crippen LogP contribution < -0.4 is 10.1 Å². The van der Waals surface area contributed by atoms with Crippen LogP contribution in [0.25, 0.3) is 0 Å². The molecule has 0 amide bonds. The molecule has 0 aliphatic carbocycles. The lowest BCUT2D eigenvalue weighted by molar-refractivity contribution is 0.410. The van der Waals surface area contributed by atoms with Crippen LogP contribution in [0.5, 0.6) is 5.75 Å². The molecule has 0 heterocycles. The van der Waals surface area contributed by atoms with E-state index >= 15 is 0 Å². The Labute approximate surface area is 111 Å². The standard InChI is InChI=1S/C16H25NO/c1-5-17-10-6-7-13(2)11-15-12-14(3)8-9-16(15)18-4/h7-9,12,17H,5-6,10-11H2,1-4H3. The molecule has 0 fully saturated rings. The Morgan fingerprint density at radius 3 is 2.83 bits per heavy atom. The maximum atomic E-state index is 5.40. The van der Waals surface area contributed by atoms with E-state index in [4.69, 9.17) is 4.74 Å². The second-order valence-electron chi connectivity index (χ2n) is 4.68. The SMILES string of the molecule is CCNCCC=C(C)Cc1cc(C)ccc1OC. The molecule has 0 unspecified atom stereocenters. The molecule has 1 aromatic carbocycles. The number of hydrogen-bond acceptors (Lipinski definition) is 2. The van der Waals surface area contributed by atoms with Crippen molar-refractivity contribution >= 4 is 0 Å². The van der Waals surface area contributed by atoms with Crippen molar-refractivity contribution in [2.24, 2.45) is 0 Å². The quantitative estimate of drug-likeness (QED) is 0.588. The molecular weight excluding hydrogens is 222 g/mol. The van der Waals surface area contributed by atoms with Crippen LogP contribution in [0.15, 0.2) is 29.8 Å². The lowest BCUT2D eigenvalue weighted by Crippen LogP contribution is -2.13. The van der Waals surface area contributed by atoms with E-state index in [2.05, 4.69) is 50.4 Å². The molecule has 1 aromatic rings. The number of rotatable bonds is 7. The maximum absolute atomic E-state index is 5.40. The van der Waals surface area contributed by atoms with Gasteiger partial charge in [0.05, 0.1) is 7.11 Å². The Hall–Kier alpha value is -1.28. The van der Waals surface area contributed by atoms with Gasteiger partial charge in [0.1, 0.15) is 5.75 Å². The van der Waals surface area contributed by atoms with E-state index in [1.807, 2.05) is 0 Å². The van der Waals surface area contributed by atoms with Crippen LogP contribution in [0.3, 0.4) is 0 Å². The van der Waals surface area contributed by atoms with E-state index in [0.29, 0.717) is 0 Å². The summed E-state index contributed by atoms with van der Waals surface area (Å²) in [5.41, 5.74) is 3.96. The Kier molecular flexibility index (Phi) is 6.51. The fourth-order valence-electron chi connectivity index (χ4n) is 2.02. The lowest BCUT2D eigenvalue weighted by atomic mass is 10.0. The Morgan fingerprint density at radius 2 is 2.17 bits per heavy atom. The van der Waals surface area contributed by atoms with Gasteiger partial charge in [-0.2, -0.15) is 0 Å². The zero-order valence-electron chi connectivity index (χ0n) is 12.0. The smallest absolute Gasteiger partial charge is 0.122 e. The fraction of sp³-hybridized carbons (Fsp3) is 0.500. The minimum atomic E-state index is 0.969. The summed E-state index contributed by atoms with van der Waals surface area (Å²) in [6, 6.07) is 6.35. The summed E-state index contributed by atoms with van der Waals surface area (Å²) >= 11 is 0. The van der Waals surface area contributed by atoms with E-state index in [9.17, 15) is 0 Å². The van der Waals surface area contributed by atoms with E-state index in [-0.39, 0.29) is 0 Å². The largest absolute Gasteiger partial charge is 0.496 e. The van der Waals surface area contributed by atoms with E-state index in [1.54, 1.807) is 7.11 Å². The number of hydrogen-bond donors (Lipinski definition) is 1. The monoisotopic (exact) mass is 247 g/mol. The number of aryl methyl sites for hydroxylation is 1. The van der Waals surface area contributed by atoms with Gasteiger partial charge in [-0.1, -0.05) is 36.3 Å². The summed E-state index contributed by atoms with van der Waals surface area (Å²) in [7, 11) is 1.73. The minimum absolute atomic E-state index is 0.969. The summed E-state index contributed by atoms with van der Waals surface area (Å²) in [6.07, 6.45) is 4.37. The zero-order valence-corrected chi connectivity index (χ0v) is 12.0. The molecule has 1 rings (SSSR count). The van der Waals surface area contributed by atoms with Crippen molar-refractivity contribution in [3.05, 3.63) is 41.0 Å². The minimum Gasteiger partial charge on any atom is -0.496 e. The molecule has 1 N–H and O–H groups in total. The van der Waals surface area contributed by atoms with Gasteiger partial charge < -0.3 is 10.1 Å². The van der Waals surface area contributed by atoms with Crippen LogP contribution in [0, 0.1) is 6.92 Å². The summed E-state index contributed by atoms with van der Waals surface area (Å²) in [5, 5.41) is 3.33. The molecule has 0 spiro atoms. The zero-order chi connectivity index (χ0) is 13.4. The maximum Gasteiger partial charge on any atom is 0.122 e. The number of methoxy groups -OCH3 is 1. The highest BCUT2D eigenvalue weighted by molar-refractivity contribution is 5.39. The number of allylic oxidation sites excluding steroid dienone is 1. The highest BCUT2D eigenvalue weighted by atomic mass is 16.5. The molecule has 2 heteroatoms. The molecule has 0 bridgehead atoms. The fourth-order valence-corrected chi connectivity index (χ4v) is 2.02. The molecule has 100 valence electrons. The van der Waals surface area contributed by atoms with Crippen molar-refractivity contribution in [2.75, 3.05) is 20.2 Å². The first kappa shape index (κ1) is 14.8. The predicted octanol–water partition coefficient (Wildman–Crippen LogP) is 3.49. The Morgan fingerprint density at radius 1 is 1.39 bits per heavy atom. The van der Waals surface area contributed by atoms with Crippen molar-refractivity contribution in [1.82, 2.24) is 5.32 Å². The molecule has 0 aliphatic heterocycles. The third-order valence-corrected chi connectivity index (χ3v) is 2.97. The van der Waals surface area contributed by atoms with Crippen LogP contribution in [0.2, 0.25) is 0 Å². The summed E-state index contributed by atoms with van der Waals surface area (Å²) in [4.78, 5) is 0. The summed E-state index contributed by atoms with van der Waals surface area (Å²) in [5.74, 6) is 0.986. The average molecular weight is 247 g/mol. The molecular formula is C16H25NO. The second kappa shape index (κ2) is 7.93. The highest BCUT2D eigenvalue weighted by Crippen LogP contribution is 2.22. The molecule has 2 nitrogen and oxygen atoms in total. The van der Waals surface area contributed by atoms with Gasteiger partial charge in [-0.25, -0.2) is 0 Å². The van der Waals surface area contributed by atoms with Crippen molar-refractivity contribution in [1.29, 1.82) is 0 Å². The van der Waals surface area contributed by atoms with E-state index < -0.39 is 0 Å². The second-order valence-corrected chi connectivity index (χ2v) is 4.68.